The van der Waals surface area contributed by atoms with Gasteiger partial charge in [0, 0.05) is 17.3 Å². The van der Waals surface area contributed by atoms with Crippen molar-refractivity contribution in [2.24, 2.45) is 0 Å². The van der Waals surface area contributed by atoms with E-state index in [0.29, 0.717) is 10.0 Å². The quantitative estimate of drug-likeness (QED) is 0.811. The first-order valence-corrected chi connectivity index (χ1v) is 7.23. The summed E-state index contributed by atoms with van der Waals surface area (Å²) in [7, 11) is 0. The summed E-state index contributed by atoms with van der Waals surface area (Å²) in [5.74, 6) is 0. The van der Waals surface area contributed by atoms with Gasteiger partial charge in [0.25, 0.3) is 0 Å². The normalized spacial score (nSPS) is 13.8. The van der Waals surface area contributed by atoms with Gasteiger partial charge in [-0.3, -0.25) is 0 Å². The smallest absolute Gasteiger partial charge is 0.0781 e. The van der Waals surface area contributed by atoms with E-state index >= 15 is 0 Å². The Morgan fingerprint density at radius 1 is 1.00 bits per heavy atom. The molecule has 0 heterocycles. The Bertz CT molecular complexity index is 599. The zero-order valence-electron chi connectivity index (χ0n) is 11.4. The van der Waals surface area contributed by atoms with Gasteiger partial charge < -0.3 is 10.4 Å². The molecule has 2 unspecified atom stereocenters. The van der Waals surface area contributed by atoms with Gasteiger partial charge in [0.15, 0.2) is 0 Å². The molecule has 4 heteroatoms. The van der Waals surface area contributed by atoms with Crippen molar-refractivity contribution in [3.8, 4) is 0 Å². The third kappa shape index (κ3) is 3.45. The Morgan fingerprint density at radius 2 is 1.70 bits per heavy atom. The number of aliphatic hydroxyl groups excluding tert-OH is 1. The molecule has 0 bridgehead atoms. The van der Waals surface area contributed by atoms with Gasteiger partial charge in [0.2, 0.25) is 0 Å². The van der Waals surface area contributed by atoms with Gasteiger partial charge in [-0.2, -0.15) is 0 Å². The van der Waals surface area contributed by atoms with Crippen LogP contribution in [0, 0.1) is 0 Å². The lowest BCUT2D eigenvalue weighted by Crippen LogP contribution is -2.09. The fourth-order valence-corrected chi connectivity index (χ4v) is 2.40. The second-order valence-corrected chi connectivity index (χ2v) is 5.62. The average Bonchev–Trinajstić information content (AvgIpc) is 2.42. The van der Waals surface area contributed by atoms with E-state index in [4.69, 9.17) is 23.2 Å². The molecular weight excluding hydrogens is 293 g/mol. The molecule has 0 saturated heterocycles. The highest BCUT2D eigenvalue weighted by Gasteiger charge is 2.12. The molecule has 2 nitrogen and oxygen atoms in total. The molecule has 2 aromatic rings. The topological polar surface area (TPSA) is 32.3 Å². The van der Waals surface area contributed by atoms with Crippen molar-refractivity contribution in [1.82, 2.24) is 0 Å². The molecule has 2 N–H and O–H groups in total. The fourth-order valence-electron chi connectivity index (χ4n) is 2.09. The number of aliphatic hydroxyl groups is 1. The van der Waals surface area contributed by atoms with Crippen LogP contribution < -0.4 is 5.32 Å². The molecule has 0 fully saturated rings. The van der Waals surface area contributed by atoms with Gasteiger partial charge in [-0.25, -0.2) is 0 Å². The maximum atomic E-state index is 9.79. The van der Waals surface area contributed by atoms with Crippen LogP contribution in [-0.4, -0.2) is 5.11 Å². The minimum atomic E-state index is -0.514. The molecule has 0 aliphatic heterocycles. The van der Waals surface area contributed by atoms with Crippen LogP contribution in [0.2, 0.25) is 10.0 Å². The van der Waals surface area contributed by atoms with Gasteiger partial charge in [-0.15, -0.1) is 0 Å². The van der Waals surface area contributed by atoms with E-state index in [1.807, 2.05) is 43.3 Å². The Hall–Kier alpha value is -1.22. The lowest BCUT2D eigenvalue weighted by molar-refractivity contribution is 0.200. The highest BCUT2D eigenvalue weighted by molar-refractivity contribution is 6.42. The van der Waals surface area contributed by atoms with Crippen molar-refractivity contribution in [3.63, 3.8) is 0 Å². The highest BCUT2D eigenvalue weighted by atomic mass is 35.5. The highest BCUT2D eigenvalue weighted by Crippen LogP contribution is 2.29. The van der Waals surface area contributed by atoms with Crippen molar-refractivity contribution in [3.05, 3.63) is 63.6 Å². The van der Waals surface area contributed by atoms with Crippen molar-refractivity contribution in [2.45, 2.75) is 26.0 Å². The van der Waals surface area contributed by atoms with Crippen molar-refractivity contribution >= 4 is 28.9 Å². The molecule has 0 aliphatic carbocycles. The second kappa shape index (κ2) is 6.49. The van der Waals surface area contributed by atoms with Crippen LogP contribution in [-0.2, 0) is 0 Å². The predicted octanol–water partition coefficient (Wildman–Crippen LogP) is 5.22. The summed E-state index contributed by atoms with van der Waals surface area (Å²) in [6.07, 6.45) is -0.514. The molecule has 20 heavy (non-hydrogen) atoms. The van der Waals surface area contributed by atoms with Gasteiger partial charge in [-0.1, -0.05) is 47.5 Å². The fraction of sp³-hybridized carbons (Fsp3) is 0.250. The first kappa shape index (κ1) is 15.2. The molecule has 0 amide bonds. The molecule has 0 aliphatic rings. The molecule has 0 spiro atoms. The van der Waals surface area contributed by atoms with Gasteiger partial charge in [-0.05, 0) is 37.6 Å². The maximum absolute atomic E-state index is 9.79. The standard InChI is InChI=1S/C16H17Cl2NO/c1-10(12-7-8-14(17)15(18)9-12)19-16-6-4-3-5-13(16)11(2)20/h3-11,19-20H,1-2H3. The van der Waals surface area contributed by atoms with Crippen molar-refractivity contribution < 1.29 is 5.11 Å². The van der Waals surface area contributed by atoms with E-state index < -0.39 is 6.10 Å². The number of benzene rings is 2. The largest absolute Gasteiger partial charge is 0.389 e. The number of rotatable bonds is 4. The first-order valence-electron chi connectivity index (χ1n) is 6.47. The summed E-state index contributed by atoms with van der Waals surface area (Å²) in [6.45, 7) is 3.79. The van der Waals surface area contributed by atoms with E-state index in [1.54, 1.807) is 13.0 Å². The summed E-state index contributed by atoms with van der Waals surface area (Å²) in [5.41, 5.74) is 2.83. The lowest BCUT2D eigenvalue weighted by Gasteiger charge is -2.20. The molecule has 0 saturated carbocycles. The second-order valence-electron chi connectivity index (χ2n) is 4.80. The van der Waals surface area contributed by atoms with Gasteiger partial charge in [0.1, 0.15) is 0 Å². The van der Waals surface area contributed by atoms with Gasteiger partial charge in [0.05, 0.1) is 16.1 Å². The number of halogens is 2. The van der Waals surface area contributed by atoms with E-state index in [1.165, 1.54) is 0 Å². The van der Waals surface area contributed by atoms with Crippen LogP contribution in [0.3, 0.4) is 0 Å². The zero-order valence-corrected chi connectivity index (χ0v) is 12.9. The number of hydrogen-bond donors (Lipinski definition) is 2. The Labute approximate surface area is 129 Å². The van der Waals surface area contributed by atoms with Crippen molar-refractivity contribution in [1.29, 1.82) is 0 Å². The van der Waals surface area contributed by atoms with Crippen LogP contribution >= 0.6 is 23.2 Å². The van der Waals surface area contributed by atoms with Crippen LogP contribution in [0.15, 0.2) is 42.5 Å². The molecule has 0 aromatic heterocycles. The van der Waals surface area contributed by atoms with Crippen LogP contribution in [0.5, 0.6) is 0 Å². The van der Waals surface area contributed by atoms with Crippen LogP contribution in [0.1, 0.15) is 37.1 Å². The summed E-state index contributed by atoms with van der Waals surface area (Å²) in [5, 5.41) is 14.3. The van der Waals surface area contributed by atoms with E-state index in [-0.39, 0.29) is 6.04 Å². The Kier molecular flexibility index (Phi) is 4.92. The zero-order chi connectivity index (χ0) is 14.7. The summed E-state index contributed by atoms with van der Waals surface area (Å²) in [6, 6.07) is 13.4. The molecule has 2 atom stereocenters. The summed E-state index contributed by atoms with van der Waals surface area (Å²) >= 11 is 12.0. The van der Waals surface area contributed by atoms with Gasteiger partial charge >= 0.3 is 0 Å². The molecule has 2 aromatic carbocycles. The average molecular weight is 310 g/mol. The number of nitrogens with one attached hydrogen (secondary N) is 1. The van der Waals surface area contributed by atoms with Crippen LogP contribution in [0.4, 0.5) is 5.69 Å². The number of anilines is 1. The third-order valence-corrected chi connectivity index (χ3v) is 3.97. The predicted molar refractivity (Wildman–Crippen MR) is 85.6 cm³/mol. The summed E-state index contributed by atoms with van der Waals surface area (Å²) in [4.78, 5) is 0. The van der Waals surface area contributed by atoms with Crippen molar-refractivity contribution in [2.75, 3.05) is 5.32 Å². The lowest BCUT2D eigenvalue weighted by atomic mass is 10.0. The molecular formula is C16H17Cl2NO. The Balaban J connectivity index is 2.23. The number of para-hydroxylation sites is 1. The first-order chi connectivity index (χ1) is 9.49. The minimum absolute atomic E-state index is 0.0599. The summed E-state index contributed by atoms with van der Waals surface area (Å²) < 4.78 is 0. The van der Waals surface area contributed by atoms with E-state index in [2.05, 4.69) is 5.32 Å². The Morgan fingerprint density at radius 3 is 2.35 bits per heavy atom. The third-order valence-electron chi connectivity index (χ3n) is 3.23. The van der Waals surface area contributed by atoms with Crippen LogP contribution in [0.25, 0.3) is 0 Å². The molecule has 2 rings (SSSR count). The maximum Gasteiger partial charge on any atom is 0.0781 e. The van der Waals surface area contributed by atoms with E-state index in [0.717, 1.165) is 16.8 Å². The molecule has 0 radical (unpaired) electrons. The van der Waals surface area contributed by atoms with E-state index in [9.17, 15) is 5.11 Å². The SMILES string of the molecule is CC(O)c1ccccc1NC(C)c1ccc(Cl)c(Cl)c1. The minimum Gasteiger partial charge on any atom is -0.389 e. The monoisotopic (exact) mass is 309 g/mol. The molecule has 106 valence electrons. The number of hydrogen-bond acceptors (Lipinski definition) is 2.